The Kier molecular flexibility index (Phi) is 4.80. The van der Waals surface area contributed by atoms with Crippen LogP contribution in [0.2, 0.25) is 0 Å². The Bertz CT molecular complexity index is 736. The first-order chi connectivity index (χ1) is 11.0. The molecular weight excluding hydrogens is 300 g/mol. The average Bonchev–Trinajstić information content (AvgIpc) is 2.55. The Balaban J connectivity index is 2.39. The summed E-state index contributed by atoms with van der Waals surface area (Å²) < 4.78 is 10.2. The molecule has 0 aliphatic heterocycles. The number of rotatable bonds is 5. The number of hydrogen-bond acceptors (Lipinski definition) is 5. The van der Waals surface area contributed by atoms with Crippen LogP contribution in [0.25, 0.3) is 0 Å². The molecule has 0 aromatic heterocycles. The third kappa shape index (κ3) is 3.57. The van der Waals surface area contributed by atoms with E-state index in [4.69, 9.17) is 9.47 Å². The second kappa shape index (κ2) is 6.78. The highest BCUT2D eigenvalue weighted by Crippen LogP contribution is 2.29. The number of nitrogens with one attached hydrogen (secondary N) is 1. The topological polar surface area (TPSA) is 90.7 Å². The number of carbonyl (C=O) groups is 1. The van der Waals surface area contributed by atoms with Gasteiger partial charge in [0.1, 0.15) is 17.2 Å². The average molecular weight is 316 g/mol. The molecule has 0 aliphatic rings. The molecular formula is C16H16N2O5. The van der Waals surface area contributed by atoms with Gasteiger partial charge in [-0.2, -0.15) is 0 Å². The van der Waals surface area contributed by atoms with Gasteiger partial charge in [0.05, 0.1) is 19.1 Å². The van der Waals surface area contributed by atoms with E-state index in [2.05, 4.69) is 5.32 Å². The third-order valence-electron chi connectivity index (χ3n) is 3.30. The predicted octanol–water partition coefficient (Wildman–Crippen LogP) is 3.17. The molecule has 0 aliphatic carbocycles. The Morgan fingerprint density at radius 1 is 1.13 bits per heavy atom. The minimum atomic E-state index is -0.533. The number of nitrogens with zero attached hydrogens (tertiary/aromatic N) is 1. The SMILES string of the molecule is COc1cc(OC)cc(C(=O)Nc2c(C)cccc2[N+](=O)[O-])c1. The summed E-state index contributed by atoms with van der Waals surface area (Å²) in [5.74, 6) is 0.419. The number of para-hydroxylation sites is 1. The second-order valence-electron chi connectivity index (χ2n) is 4.78. The summed E-state index contributed by atoms with van der Waals surface area (Å²) in [6.45, 7) is 1.69. The van der Waals surface area contributed by atoms with Crippen molar-refractivity contribution in [2.75, 3.05) is 19.5 Å². The van der Waals surface area contributed by atoms with E-state index in [1.54, 1.807) is 25.1 Å². The van der Waals surface area contributed by atoms with Crippen molar-refractivity contribution in [2.45, 2.75) is 6.92 Å². The van der Waals surface area contributed by atoms with Gasteiger partial charge in [-0.05, 0) is 24.6 Å². The molecule has 120 valence electrons. The van der Waals surface area contributed by atoms with Gasteiger partial charge in [-0.25, -0.2) is 0 Å². The van der Waals surface area contributed by atoms with E-state index in [1.165, 1.54) is 32.4 Å². The zero-order chi connectivity index (χ0) is 17.0. The summed E-state index contributed by atoms with van der Waals surface area (Å²) in [5, 5.41) is 13.7. The van der Waals surface area contributed by atoms with Crippen LogP contribution in [0.5, 0.6) is 11.5 Å². The molecule has 0 saturated heterocycles. The Morgan fingerprint density at radius 2 is 1.74 bits per heavy atom. The largest absolute Gasteiger partial charge is 0.497 e. The fourth-order valence-corrected chi connectivity index (χ4v) is 2.09. The van der Waals surface area contributed by atoms with Gasteiger partial charge in [-0.1, -0.05) is 12.1 Å². The number of benzene rings is 2. The molecule has 2 aromatic rings. The normalized spacial score (nSPS) is 10.0. The van der Waals surface area contributed by atoms with Crippen molar-refractivity contribution in [2.24, 2.45) is 0 Å². The molecule has 0 heterocycles. The maximum atomic E-state index is 12.4. The molecule has 0 radical (unpaired) electrons. The van der Waals surface area contributed by atoms with E-state index in [1.807, 2.05) is 0 Å². The number of aryl methyl sites for hydroxylation is 1. The number of anilines is 1. The molecule has 2 rings (SSSR count). The standard InChI is InChI=1S/C16H16N2O5/c1-10-5-4-6-14(18(20)21)15(10)17-16(19)11-7-12(22-2)9-13(8-11)23-3/h4-9H,1-3H3,(H,17,19). The monoisotopic (exact) mass is 316 g/mol. The fraction of sp³-hybridized carbons (Fsp3) is 0.188. The lowest BCUT2D eigenvalue weighted by atomic mass is 10.1. The molecule has 0 unspecified atom stereocenters. The second-order valence-corrected chi connectivity index (χ2v) is 4.78. The number of ether oxygens (including phenoxy) is 2. The lowest BCUT2D eigenvalue weighted by molar-refractivity contribution is -0.383. The van der Waals surface area contributed by atoms with Crippen LogP contribution in [0.3, 0.4) is 0 Å². The van der Waals surface area contributed by atoms with Crippen LogP contribution >= 0.6 is 0 Å². The first-order valence-corrected chi connectivity index (χ1v) is 6.74. The Hall–Kier alpha value is -3.09. The van der Waals surface area contributed by atoms with Crippen molar-refractivity contribution in [3.63, 3.8) is 0 Å². The van der Waals surface area contributed by atoms with Gasteiger partial charge < -0.3 is 14.8 Å². The summed E-state index contributed by atoms with van der Waals surface area (Å²) in [6.07, 6.45) is 0. The van der Waals surface area contributed by atoms with E-state index >= 15 is 0 Å². The zero-order valence-corrected chi connectivity index (χ0v) is 13.0. The molecule has 0 atom stereocenters. The van der Waals surface area contributed by atoms with Crippen molar-refractivity contribution < 1.29 is 19.2 Å². The van der Waals surface area contributed by atoms with E-state index in [0.717, 1.165) is 0 Å². The van der Waals surface area contributed by atoms with E-state index < -0.39 is 10.8 Å². The van der Waals surface area contributed by atoms with Crippen LogP contribution in [0.15, 0.2) is 36.4 Å². The molecule has 0 fully saturated rings. The van der Waals surface area contributed by atoms with E-state index in [9.17, 15) is 14.9 Å². The lowest BCUT2D eigenvalue weighted by Crippen LogP contribution is -2.14. The lowest BCUT2D eigenvalue weighted by Gasteiger charge is -2.11. The molecule has 0 spiro atoms. The fourth-order valence-electron chi connectivity index (χ4n) is 2.09. The minimum Gasteiger partial charge on any atom is -0.497 e. The number of nitro benzene ring substituents is 1. The van der Waals surface area contributed by atoms with Crippen LogP contribution < -0.4 is 14.8 Å². The first kappa shape index (κ1) is 16.3. The van der Waals surface area contributed by atoms with Crippen LogP contribution in [0.1, 0.15) is 15.9 Å². The maximum absolute atomic E-state index is 12.4. The number of carbonyl (C=O) groups excluding carboxylic acids is 1. The highest BCUT2D eigenvalue weighted by atomic mass is 16.6. The highest BCUT2D eigenvalue weighted by Gasteiger charge is 2.19. The summed E-state index contributed by atoms with van der Waals surface area (Å²) in [7, 11) is 2.95. The molecule has 1 amide bonds. The van der Waals surface area contributed by atoms with Gasteiger partial charge in [-0.15, -0.1) is 0 Å². The van der Waals surface area contributed by atoms with Crippen molar-refractivity contribution in [3.05, 3.63) is 57.6 Å². The third-order valence-corrected chi connectivity index (χ3v) is 3.30. The molecule has 0 saturated carbocycles. The van der Waals surface area contributed by atoms with Gasteiger partial charge in [0.2, 0.25) is 0 Å². The maximum Gasteiger partial charge on any atom is 0.293 e. The van der Waals surface area contributed by atoms with Gasteiger partial charge in [0.15, 0.2) is 0 Å². The van der Waals surface area contributed by atoms with E-state index in [-0.39, 0.29) is 16.9 Å². The predicted molar refractivity (Wildman–Crippen MR) is 85.3 cm³/mol. The highest BCUT2D eigenvalue weighted by molar-refractivity contribution is 6.06. The summed E-state index contributed by atoms with van der Waals surface area (Å²) in [5.41, 5.74) is 0.888. The van der Waals surface area contributed by atoms with Gasteiger partial charge >= 0.3 is 0 Å². The van der Waals surface area contributed by atoms with Gasteiger partial charge in [0.25, 0.3) is 11.6 Å². The molecule has 0 bridgehead atoms. The zero-order valence-electron chi connectivity index (χ0n) is 13.0. The molecule has 7 nitrogen and oxygen atoms in total. The Labute approximate surface area is 133 Å². The van der Waals surface area contributed by atoms with Crippen LogP contribution in [-0.2, 0) is 0 Å². The molecule has 7 heteroatoms. The number of hydrogen-bond donors (Lipinski definition) is 1. The van der Waals surface area contributed by atoms with E-state index in [0.29, 0.717) is 17.1 Å². The summed E-state index contributed by atoms with van der Waals surface area (Å²) >= 11 is 0. The number of methoxy groups -OCH3 is 2. The smallest absolute Gasteiger partial charge is 0.293 e. The molecule has 23 heavy (non-hydrogen) atoms. The van der Waals surface area contributed by atoms with Gasteiger partial charge in [0, 0.05) is 17.7 Å². The summed E-state index contributed by atoms with van der Waals surface area (Å²) in [4.78, 5) is 23.0. The van der Waals surface area contributed by atoms with Crippen LogP contribution in [0, 0.1) is 17.0 Å². The minimum absolute atomic E-state index is 0.159. The van der Waals surface area contributed by atoms with Crippen molar-refractivity contribution in [1.29, 1.82) is 0 Å². The number of amides is 1. The van der Waals surface area contributed by atoms with Crippen molar-refractivity contribution in [1.82, 2.24) is 0 Å². The van der Waals surface area contributed by atoms with Gasteiger partial charge in [-0.3, -0.25) is 14.9 Å². The van der Waals surface area contributed by atoms with Crippen molar-refractivity contribution >= 4 is 17.3 Å². The van der Waals surface area contributed by atoms with Crippen molar-refractivity contribution in [3.8, 4) is 11.5 Å². The quantitative estimate of drug-likeness (QED) is 0.676. The van der Waals surface area contributed by atoms with Crippen LogP contribution in [0.4, 0.5) is 11.4 Å². The molecule has 2 aromatic carbocycles. The van der Waals surface area contributed by atoms with Crippen LogP contribution in [-0.4, -0.2) is 25.1 Å². The first-order valence-electron chi connectivity index (χ1n) is 6.74. The number of nitro groups is 1. The Morgan fingerprint density at radius 3 is 2.26 bits per heavy atom. The molecule has 1 N–H and O–H groups in total. The summed E-state index contributed by atoms with van der Waals surface area (Å²) in [6, 6.07) is 9.29.